The fraction of sp³-hybridized carbons (Fsp3) is 0.375. The van der Waals surface area contributed by atoms with Gasteiger partial charge in [0.1, 0.15) is 0 Å². The van der Waals surface area contributed by atoms with Crippen LogP contribution in [0.4, 0.5) is 0 Å². The van der Waals surface area contributed by atoms with Gasteiger partial charge in [-0.15, -0.1) is 12.3 Å². The number of H-pyrrole nitrogens is 1. The third-order valence-electron chi connectivity index (χ3n) is 1.56. The van der Waals surface area contributed by atoms with Crippen molar-refractivity contribution in [1.82, 2.24) is 5.16 Å². The number of rotatable bonds is 2. The lowest BCUT2D eigenvalue weighted by molar-refractivity contribution is 0.389. The smallest absolute Gasteiger partial charge is 0.339 e. The van der Waals surface area contributed by atoms with E-state index in [-0.39, 0.29) is 11.5 Å². The van der Waals surface area contributed by atoms with Gasteiger partial charge >= 0.3 is 5.63 Å². The fourth-order valence-electron chi connectivity index (χ4n) is 0.894. The number of hydrogen-bond donors (Lipinski definition) is 1. The number of aromatic nitrogens is 1. The first-order valence-electron chi connectivity index (χ1n) is 3.36. The molecule has 1 aromatic heterocycles. The maximum atomic E-state index is 10.9. The third-order valence-corrected chi connectivity index (χ3v) is 1.56. The first-order chi connectivity index (χ1) is 5.25. The Morgan fingerprint density at radius 1 is 1.91 bits per heavy atom. The first kappa shape index (κ1) is 7.67. The SMILES string of the molecule is C#CC[C@H](C)c1c[nH]oc1=O. The van der Waals surface area contributed by atoms with Crippen LogP contribution in [0.3, 0.4) is 0 Å². The van der Waals surface area contributed by atoms with Crippen LogP contribution in [0.15, 0.2) is 15.5 Å². The van der Waals surface area contributed by atoms with E-state index in [1.54, 1.807) is 6.20 Å². The molecule has 0 unspecified atom stereocenters. The van der Waals surface area contributed by atoms with Crippen molar-refractivity contribution in [3.8, 4) is 12.3 Å². The minimum atomic E-state index is -0.326. The van der Waals surface area contributed by atoms with Gasteiger partial charge in [0.25, 0.3) is 0 Å². The van der Waals surface area contributed by atoms with Crippen molar-refractivity contribution in [3.05, 3.63) is 22.2 Å². The van der Waals surface area contributed by atoms with Crippen molar-refractivity contribution in [2.24, 2.45) is 0 Å². The van der Waals surface area contributed by atoms with Crippen molar-refractivity contribution in [1.29, 1.82) is 0 Å². The van der Waals surface area contributed by atoms with E-state index in [4.69, 9.17) is 6.42 Å². The molecule has 1 atom stereocenters. The standard InChI is InChI=1S/C8H9NO2/c1-3-4-6(2)7-5-9-11-8(7)10/h1,5-6,9H,4H2,2H3/t6-/m0/s1. The first-order valence-corrected chi connectivity index (χ1v) is 3.36. The zero-order valence-corrected chi connectivity index (χ0v) is 6.26. The highest BCUT2D eigenvalue weighted by Crippen LogP contribution is 2.12. The van der Waals surface area contributed by atoms with E-state index in [1.807, 2.05) is 6.92 Å². The summed E-state index contributed by atoms with van der Waals surface area (Å²) in [6.45, 7) is 1.89. The molecule has 1 heterocycles. The predicted octanol–water partition coefficient (Wildman–Crippen LogP) is 1.09. The lowest BCUT2D eigenvalue weighted by Crippen LogP contribution is -2.04. The zero-order valence-electron chi connectivity index (χ0n) is 6.26. The molecule has 0 saturated heterocycles. The van der Waals surface area contributed by atoms with Crippen LogP contribution in [-0.2, 0) is 0 Å². The molecule has 11 heavy (non-hydrogen) atoms. The Balaban J connectivity index is 2.86. The Labute approximate surface area is 64.4 Å². The maximum absolute atomic E-state index is 10.9. The Morgan fingerprint density at radius 3 is 3.09 bits per heavy atom. The summed E-state index contributed by atoms with van der Waals surface area (Å²) in [5.41, 5.74) is 0.288. The molecule has 3 heteroatoms. The van der Waals surface area contributed by atoms with Crippen molar-refractivity contribution in [3.63, 3.8) is 0 Å². The summed E-state index contributed by atoms with van der Waals surface area (Å²) < 4.78 is 4.48. The largest absolute Gasteiger partial charge is 0.360 e. The summed E-state index contributed by atoms with van der Waals surface area (Å²) in [6.07, 6.45) is 7.20. The Bertz CT molecular complexity index is 315. The topological polar surface area (TPSA) is 46.0 Å². The molecule has 1 aromatic rings. The monoisotopic (exact) mass is 151 g/mol. The number of hydrogen-bond acceptors (Lipinski definition) is 2. The van der Waals surface area contributed by atoms with E-state index in [9.17, 15) is 4.79 Å². The maximum Gasteiger partial charge on any atom is 0.360 e. The minimum absolute atomic E-state index is 0.0718. The molecule has 0 radical (unpaired) electrons. The van der Waals surface area contributed by atoms with Crippen molar-refractivity contribution < 1.29 is 4.52 Å². The van der Waals surface area contributed by atoms with Gasteiger partial charge in [0.05, 0.1) is 5.56 Å². The number of terminal acetylenes is 1. The summed E-state index contributed by atoms with van der Waals surface area (Å²) in [7, 11) is 0. The molecule has 0 bridgehead atoms. The van der Waals surface area contributed by atoms with E-state index >= 15 is 0 Å². The molecule has 0 spiro atoms. The van der Waals surface area contributed by atoms with Crippen molar-refractivity contribution in [2.75, 3.05) is 0 Å². The molecule has 0 amide bonds. The molecule has 1 N–H and O–H groups in total. The van der Waals surface area contributed by atoms with Gasteiger partial charge in [0.15, 0.2) is 0 Å². The molecule has 0 aromatic carbocycles. The highest BCUT2D eigenvalue weighted by molar-refractivity contribution is 5.10. The van der Waals surface area contributed by atoms with E-state index in [2.05, 4.69) is 15.6 Å². The molecule has 3 nitrogen and oxygen atoms in total. The van der Waals surface area contributed by atoms with Crippen molar-refractivity contribution >= 4 is 0 Å². The van der Waals surface area contributed by atoms with Gasteiger partial charge in [-0.2, -0.15) is 0 Å². The summed E-state index contributed by atoms with van der Waals surface area (Å²) >= 11 is 0. The summed E-state index contributed by atoms with van der Waals surface area (Å²) in [5, 5.41) is 2.38. The number of aromatic amines is 1. The Hall–Kier alpha value is -1.43. The van der Waals surface area contributed by atoms with Gasteiger partial charge < -0.3 is 4.52 Å². The van der Waals surface area contributed by atoms with E-state index < -0.39 is 0 Å². The highest BCUT2D eigenvalue weighted by atomic mass is 16.5. The molecular formula is C8H9NO2. The van der Waals surface area contributed by atoms with Crippen LogP contribution >= 0.6 is 0 Å². The Morgan fingerprint density at radius 2 is 2.64 bits per heavy atom. The molecule has 0 aliphatic carbocycles. The van der Waals surface area contributed by atoms with Gasteiger partial charge in [-0.25, -0.2) is 9.95 Å². The van der Waals surface area contributed by atoms with Gasteiger partial charge in [-0.05, 0) is 0 Å². The average Bonchev–Trinajstić information content (AvgIpc) is 2.36. The van der Waals surface area contributed by atoms with Crippen LogP contribution in [-0.4, -0.2) is 5.16 Å². The second-order valence-corrected chi connectivity index (χ2v) is 2.42. The fourth-order valence-corrected chi connectivity index (χ4v) is 0.894. The van der Waals surface area contributed by atoms with Gasteiger partial charge in [-0.3, -0.25) is 0 Å². The predicted molar refractivity (Wildman–Crippen MR) is 41.2 cm³/mol. The number of nitrogens with one attached hydrogen (secondary N) is 1. The van der Waals surface area contributed by atoms with Gasteiger partial charge in [0, 0.05) is 18.5 Å². The van der Waals surface area contributed by atoms with Crippen LogP contribution < -0.4 is 5.63 Å². The molecule has 0 saturated carbocycles. The van der Waals surface area contributed by atoms with Crippen LogP contribution in [0, 0.1) is 12.3 Å². The van der Waals surface area contributed by atoms with E-state index in [1.165, 1.54) is 0 Å². The quantitative estimate of drug-likeness (QED) is 0.643. The minimum Gasteiger partial charge on any atom is -0.339 e. The summed E-state index contributed by atoms with van der Waals surface area (Å²) in [6, 6.07) is 0. The van der Waals surface area contributed by atoms with Crippen LogP contribution in [0.25, 0.3) is 0 Å². The van der Waals surface area contributed by atoms with Crippen LogP contribution in [0.2, 0.25) is 0 Å². The van der Waals surface area contributed by atoms with Crippen molar-refractivity contribution in [2.45, 2.75) is 19.3 Å². The molecule has 58 valence electrons. The van der Waals surface area contributed by atoms with Crippen LogP contribution in [0.1, 0.15) is 24.8 Å². The van der Waals surface area contributed by atoms with E-state index in [0.29, 0.717) is 12.0 Å². The van der Waals surface area contributed by atoms with Gasteiger partial charge in [0.2, 0.25) is 0 Å². The lowest BCUT2D eigenvalue weighted by Gasteiger charge is -1.99. The van der Waals surface area contributed by atoms with E-state index in [0.717, 1.165) is 0 Å². The molecule has 0 aliphatic heterocycles. The molecule has 0 fully saturated rings. The van der Waals surface area contributed by atoms with Crippen LogP contribution in [0.5, 0.6) is 0 Å². The van der Waals surface area contributed by atoms with Gasteiger partial charge in [-0.1, -0.05) is 6.92 Å². The highest BCUT2D eigenvalue weighted by Gasteiger charge is 2.09. The Kier molecular flexibility index (Phi) is 2.17. The summed E-state index contributed by atoms with van der Waals surface area (Å²) in [5.74, 6) is 2.56. The average molecular weight is 151 g/mol. The summed E-state index contributed by atoms with van der Waals surface area (Å²) in [4.78, 5) is 10.9. The second-order valence-electron chi connectivity index (χ2n) is 2.42. The lowest BCUT2D eigenvalue weighted by atomic mass is 10.0. The molecule has 1 rings (SSSR count). The second kappa shape index (κ2) is 3.11. The normalized spacial score (nSPS) is 12.4. The zero-order chi connectivity index (χ0) is 8.27. The third kappa shape index (κ3) is 1.53. The molecular weight excluding hydrogens is 142 g/mol. The molecule has 0 aliphatic rings.